The third kappa shape index (κ3) is 1.11. The van der Waals surface area contributed by atoms with E-state index < -0.39 is 0 Å². The van der Waals surface area contributed by atoms with Crippen LogP contribution in [0.1, 0.15) is 51.9 Å². The lowest BCUT2D eigenvalue weighted by Gasteiger charge is -2.38. The predicted molar refractivity (Wildman–Crippen MR) is 59.3 cm³/mol. The molecule has 0 aromatic carbocycles. The lowest BCUT2D eigenvalue weighted by molar-refractivity contribution is 0.104. The first kappa shape index (κ1) is 9.21. The van der Waals surface area contributed by atoms with Gasteiger partial charge in [-0.2, -0.15) is 0 Å². The minimum absolute atomic E-state index is 0.707. The van der Waals surface area contributed by atoms with Crippen molar-refractivity contribution in [1.29, 1.82) is 0 Å². The first-order chi connectivity index (χ1) is 6.86. The summed E-state index contributed by atoms with van der Waals surface area (Å²) in [5.74, 6) is 2.09. The van der Waals surface area contributed by atoms with Gasteiger partial charge in [-0.1, -0.05) is 26.2 Å². The van der Waals surface area contributed by atoms with Gasteiger partial charge in [0.05, 0.1) is 0 Å². The van der Waals surface area contributed by atoms with E-state index in [0.717, 1.165) is 11.8 Å². The summed E-state index contributed by atoms with van der Waals surface area (Å²) in [6.07, 6.45) is 10.4. The van der Waals surface area contributed by atoms with E-state index in [0.29, 0.717) is 5.54 Å². The zero-order valence-corrected chi connectivity index (χ0v) is 9.47. The highest BCUT2D eigenvalue weighted by Gasteiger charge is 2.64. The van der Waals surface area contributed by atoms with Crippen molar-refractivity contribution in [2.75, 3.05) is 13.1 Å². The Morgan fingerprint density at radius 2 is 1.79 bits per heavy atom. The van der Waals surface area contributed by atoms with Gasteiger partial charge in [0.15, 0.2) is 0 Å². The van der Waals surface area contributed by atoms with Crippen LogP contribution in [0, 0.1) is 11.8 Å². The fraction of sp³-hybridized carbons (Fsp3) is 1.00. The van der Waals surface area contributed by atoms with Gasteiger partial charge in [-0.3, -0.25) is 4.90 Å². The van der Waals surface area contributed by atoms with Gasteiger partial charge in [-0.25, -0.2) is 0 Å². The van der Waals surface area contributed by atoms with Gasteiger partial charge in [0.25, 0.3) is 0 Å². The number of rotatable bonds is 1. The second kappa shape index (κ2) is 3.23. The number of nitrogens with zero attached hydrogens (tertiary/aromatic N) is 1. The average Bonchev–Trinajstić information content (AvgIpc) is 2.88. The minimum Gasteiger partial charge on any atom is -0.297 e. The van der Waals surface area contributed by atoms with Crippen LogP contribution < -0.4 is 0 Å². The molecule has 0 bridgehead atoms. The third-order valence-electron chi connectivity index (χ3n) is 5.21. The van der Waals surface area contributed by atoms with Crippen LogP contribution in [-0.2, 0) is 0 Å². The smallest absolute Gasteiger partial charge is 0.0269 e. The zero-order chi connectivity index (χ0) is 9.60. The number of hydrogen-bond acceptors (Lipinski definition) is 1. The van der Waals surface area contributed by atoms with E-state index in [4.69, 9.17) is 0 Å². The topological polar surface area (TPSA) is 3.24 Å². The molecule has 1 saturated heterocycles. The summed E-state index contributed by atoms with van der Waals surface area (Å²) in [6, 6.07) is 0. The van der Waals surface area contributed by atoms with Crippen LogP contribution in [0.3, 0.4) is 0 Å². The summed E-state index contributed by atoms with van der Waals surface area (Å²) in [6.45, 7) is 5.31. The number of hydrogen-bond donors (Lipinski definition) is 0. The molecular weight excluding hydrogens is 170 g/mol. The number of piperidine rings is 1. The van der Waals surface area contributed by atoms with Crippen molar-refractivity contribution in [3.05, 3.63) is 0 Å². The Bertz CT molecular complexity index is 219. The lowest BCUT2D eigenvalue weighted by Crippen LogP contribution is -2.44. The van der Waals surface area contributed by atoms with Gasteiger partial charge < -0.3 is 0 Å². The summed E-state index contributed by atoms with van der Waals surface area (Å²) in [5.41, 5.74) is 0.707. The molecule has 0 aromatic heterocycles. The number of likely N-dealkylation sites (tertiary alicyclic amines) is 1. The summed E-state index contributed by atoms with van der Waals surface area (Å²) < 4.78 is 0. The van der Waals surface area contributed by atoms with E-state index in [1.807, 2.05) is 0 Å². The normalized spacial score (nSPS) is 48.6. The molecule has 0 amide bonds. The zero-order valence-electron chi connectivity index (χ0n) is 9.47. The Morgan fingerprint density at radius 1 is 1.00 bits per heavy atom. The molecule has 0 spiro atoms. The molecule has 1 heteroatoms. The largest absolute Gasteiger partial charge is 0.297 e. The Morgan fingerprint density at radius 3 is 2.50 bits per heavy atom. The number of fused-ring (bicyclic) bond motifs is 1. The van der Waals surface area contributed by atoms with Crippen molar-refractivity contribution in [3.8, 4) is 0 Å². The van der Waals surface area contributed by atoms with Gasteiger partial charge >= 0.3 is 0 Å². The van der Waals surface area contributed by atoms with Gasteiger partial charge in [0, 0.05) is 5.54 Å². The molecule has 0 aromatic rings. The average molecular weight is 193 g/mol. The van der Waals surface area contributed by atoms with Crippen molar-refractivity contribution < 1.29 is 0 Å². The maximum Gasteiger partial charge on any atom is 0.0269 e. The fourth-order valence-electron chi connectivity index (χ4n) is 4.38. The van der Waals surface area contributed by atoms with E-state index in [1.54, 1.807) is 0 Å². The second-order valence-corrected chi connectivity index (χ2v) is 5.68. The SMILES string of the molecule is C[C@H]1[C@@H]2CCCC[C@]12N1CCCCC1. The standard InChI is InChI=1S/C13H23N/c1-11-12-7-3-4-8-13(11,12)14-9-5-2-6-10-14/h11-12H,2-10H2,1H3/t11-,12-,13-/m0/s1. The van der Waals surface area contributed by atoms with Gasteiger partial charge in [-0.05, 0) is 50.6 Å². The summed E-state index contributed by atoms with van der Waals surface area (Å²) in [5, 5.41) is 0. The Labute approximate surface area is 87.9 Å². The minimum atomic E-state index is 0.707. The molecule has 80 valence electrons. The molecule has 1 aliphatic heterocycles. The Kier molecular flexibility index (Phi) is 2.12. The third-order valence-corrected chi connectivity index (χ3v) is 5.21. The van der Waals surface area contributed by atoms with Crippen molar-refractivity contribution in [1.82, 2.24) is 4.90 Å². The first-order valence-electron chi connectivity index (χ1n) is 6.61. The molecule has 3 aliphatic rings. The molecule has 0 radical (unpaired) electrons. The summed E-state index contributed by atoms with van der Waals surface area (Å²) in [4.78, 5) is 2.87. The van der Waals surface area contributed by atoms with Crippen molar-refractivity contribution in [2.24, 2.45) is 11.8 Å². The Balaban J connectivity index is 1.75. The van der Waals surface area contributed by atoms with E-state index >= 15 is 0 Å². The van der Waals surface area contributed by atoms with Crippen molar-refractivity contribution in [3.63, 3.8) is 0 Å². The lowest BCUT2D eigenvalue weighted by atomic mass is 9.92. The van der Waals surface area contributed by atoms with E-state index in [2.05, 4.69) is 11.8 Å². The van der Waals surface area contributed by atoms with E-state index in [-0.39, 0.29) is 0 Å². The molecular formula is C13H23N. The molecule has 2 saturated carbocycles. The van der Waals surface area contributed by atoms with Crippen LogP contribution in [-0.4, -0.2) is 23.5 Å². The highest BCUT2D eigenvalue weighted by Crippen LogP contribution is 2.62. The maximum atomic E-state index is 2.87. The second-order valence-electron chi connectivity index (χ2n) is 5.68. The molecule has 1 nitrogen and oxygen atoms in total. The maximum absolute atomic E-state index is 2.87. The van der Waals surface area contributed by atoms with Crippen LogP contribution in [0.2, 0.25) is 0 Å². The van der Waals surface area contributed by atoms with Crippen LogP contribution in [0.5, 0.6) is 0 Å². The Hall–Kier alpha value is -0.0400. The van der Waals surface area contributed by atoms with Crippen molar-refractivity contribution in [2.45, 2.75) is 57.4 Å². The highest BCUT2D eigenvalue weighted by molar-refractivity contribution is 5.18. The molecule has 0 N–H and O–H groups in total. The molecule has 3 fully saturated rings. The summed E-state index contributed by atoms with van der Waals surface area (Å²) in [7, 11) is 0. The molecule has 0 unspecified atom stereocenters. The quantitative estimate of drug-likeness (QED) is 0.618. The summed E-state index contributed by atoms with van der Waals surface area (Å²) >= 11 is 0. The highest BCUT2D eigenvalue weighted by atomic mass is 15.3. The monoisotopic (exact) mass is 193 g/mol. The molecule has 2 aliphatic carbocycles. The van der Waals surface area contributed by atoms with Gasteiger partial charge in [-0.15, -0.1) is 0 Å². The molecule has 3 rings (SSSR count). The van der Waals surface area contributed by atoms with Crippen molar-refractivity contribution >= 4 is 0 Å². The van der Waals surface area contributed by atoms with E-state index in [9.17, 15) is 0 Å². The van der Waals surface area contributed by atoms with Crippen LogP contribution in [0.25, 0.3) is 0 Å². The fourth-order valence-corrected chi connectivity index (χ4v) is 4.38. The van der Waals surface area contributed by atoms with Gasteiger partial charge in [0.2, 0.25) is 0 Å². The first-order valence-corrected chi connectivity index (χ1v) is 6.61. The molecule has 3 atom stereocenters. The predicted octanol–water partition coefficient (Wildman–Crippen LogP) is 3.05. The van der Waals surface area contributed by atoms with Crippen LogP contribution in [0.15, 0.2) is 0 Å². The van der Waals surface area contributed by atoms with Gasteiger partial charge in [0.1, 0.15) is 0 Å². The molecule has 1 heterocycles. The van der Waals surface area contributed by atoms with Crippen LogP contribution in [0.4, 0.5) is 0 Å². The molecule has 14 heavy (non-hydrogen) atoms. The van der Waals surface area contributed by atoms with Crippen LogP contribution >= 0.6 is 0 Å². The van der Waals surface area contributed by atoms with E-state index in [1.165, 1.54) is 58.0 Å².